The number of benzene rings is 1. The van der Waals surface area contributed by atoms with Gasteiger partial charge < -0.3 is 16.0 Å². The van der Waals surface area contributed by atoms with E-state index in [1.165, 1.54) is 25.7 Å². The third kappa shape index (κ3) is 2.91. The molecule has 4 nitrogen and oxygen atoms in total. The molecular formula is C15H20ClN3O. The average molecular weight is 294 g/mol. The van der Waals surface area contributed by atoms with Crippen LogP contribution in [0.15, 0.2) is 18.2 Å². The molecular weight excluding hydrogens is 274 g/mol. The molecule has 0 aromatic heterocycles. The van der Waals surface area contributed by atoms with Crippen molar-refractivity contribution in [3.05, 3.63) is 28.8 Å². The molecule has 1 aliphatic heterocycles. The first-order chi connectivity index (χ1) is 9.65. The topological polar surface area (TPSA) is 58.4 Å². The predicted molar refractivity (Wildman–Crippen MR) is 81.4 cm³/mol. The van der Waals surface area contributed by atoms with Crippen molar-refractivity contribution in [1.82, 2.24) is 5.32 Å². The Balaban J connectivity index is 1.88. The van der Waals surface area contributed by atoms with Crippen molar-refractivity contribution in [3.8, 4) is 0 Å². The van der Waals surface area contributed by atoms with Crippen molar-refractivity contribution in [2.75, 3.05) is 18.0 Å². The number of nitrogens with zero attached hydrogens (tertiary/aromatic N) is 1. The SMILES string of the molecule is NC(=O)c1cc(Cl)ccc1N(CC1CCCN1)C1CC1. The third-order valence-corrected chi connectivity index (χ3v) is 4.34. The number of hydrogen-bond acceptors (Lipinski definition) is 3. The number of carbonyl (C=O) groups excluding carboxylic acids is 1. The van der Waals surface area contributed by atoms with Crippen molar-refractivity contribution in [3.63, 3.8) is 0 Å². The van der Waals surface area contributed by atoms with Crippen LogP contribution in [0, 0.1) is 0 Å². The van der Waals surface area contributed by atoms with Crippen LogP contribution in [0.5, 0.6) is 0 Å². The van der Waals surface area contributed by atoms with Crippen LogP contribution in [0.2, 0.25) is 5.02 Å². The number of rotatable bonds is 5. The van der Waals surface area contributed by atoms with Crippen LogP contribution in [0.1, 0.15) is 36.0 Å². The highest BCUT2D eigenvalue weighted by Gasteiger charge is 2.33. The molecule has 2 aliphatic rings. The molecule has 1 heterocycles. The zero-order chi connectivity index (χ0) is 14.1. The quantitative estimate of drug-likeness (QED) is 0.875. The lowest BCUT2D eigenvalue weighted by molar-refractivity contribution is 0.100. The summed E-state index contributed by atoms with van der Waals surface area (Å²) in [5.74, 6) is -0.410. The van der Waals surface area contributed by atoms with E-state index in [0.29, 0.717) is 22.7 Å². The molecule has 20 heavy (non-hydrogen) atoms. The molecule has 3 N–H and O–H groups in total. The van der Waals surface area contributed by atoms with Crippen LogP contribution >= 0.6 is 11.6 Å². The molecule has 1 aliphatic carbocycles. The second-order valence-corrected chi connectivity index (χ2v) is 6.14. The molecule has 1 saturated heterocycles. The van der Waals surface area contributed by atoms with Gasteiger partial charge in [0.2, 0.25) is 0 Å². The normalized spacial score (nSPS) is 21.9. The lowest BCUT2D eigenvalue weighted by Gasteiger charge is -2.29. The molecule has 1 aromatic carbocycles. The van der Waals surface area contributed by atoms with Crippen molar-refractivity contribution in [1.29, 1.82) is 0 Å². The van der Waals surface area contributed by atoms with Gasteiger partial charge in [0, 0.05) is 29.3 Å². The van der Waals surface area contributed by atoms with Gasteiger partial charge in [-0.2, -0.15) is 0 Å². The van der Waals surface area contributed by atoms with Crippen LogP contribution in [-0.4, -0.2) is 31.1 Å². The molecule has 3 rings (SSSR count). The van der Waals surface area contributed by atoms with Gasteiger partial charge in [-0.3, -0.25) is 4.79 Å². The lowest BCUT2D eigenvalue weighted by atomic mass is 10.1. The first-order valence-electron chi connectivity index (χ1n) is 7.24. The minimum Gasteiger partial charge on any atom is -0.366 e. The van der Waals surface area contributed by atoms with E-state index in [4.69, 9.17) is 17.3 Å². The number of anilines is 1. The third-order valence-electron chi connectivity index (χ3n) is 4.10. The Morgan fingerprint density at radius 1 is 1.40 bits per heavy atom. The smallest absolute Gasteiger partial charge is 0.250 e. The largest absolute Gasteiger partial charge is 0.366 e. The minimum atomic E-state index is -0.410. The van der Waals surface area contributed by atoms with Gasteiger partial charge in [-0.15, -0.1) is 0 Å². The molecule has 2 fully saturated rings. The van der Waals surface area contributed by atoms with Gasteiger partial charge in [0.05, 0.1) is 5.56 Å². The predicted octanol–water partition coefficient (Wildman–Crippen LogP) is 2.16. The Morgan fingerprint density at radius 3 is 2.80 bits per heavy atom. The molecule has 1 amide bonds. The summed E-state index contributed by atoms with van der Waals surface area (Å²) < 4.78 is 0. The first-order valence-corrected chi connectivity index (χ1v) is 7.62. The maximum atomic E-state index is 11.7. The van der Waals surface area contributed by atoms with Crippen LogP contribution in [-0.2, 0) is 0 Å². The van der Waals surface area contributed by atoms with Crippen molar-refractivity contribution >= 4 is 23.2 Å². The summed E-state index contributed by atoms with van der Waals surface area (Å²) in [7, 11) is 0. The van der Waals surface area contributed by atoms with E-state index in [1.807, 2.05) is 12.1 Å². The Kier molecular flexibility index (Phi) is 3.85. The number of nitrogens with one attached hydrogen (secondary N) is 1. The lowest BCUT2D eigenvalue weighted by Crippen LogP contribution is -2.39. The van der Waals surface area contributed by atoms with E-state index in [0.717, 1.165) is 18.8 Å². The zero-order valence-corrected chi connectivity index (χ0v) is 12.2. The van der Waals surface area contributed by atoms with Gasteiger partial charge in [0.1, 0.15) is 0 Å². The average Bonchev–Trinajstić information content (AvgIpc) is 3.13. The summed E-state index contributed by atoms with van der Waals surface area (Å²) >= 11 is 5.99. The van der Waals surface area contributed by atoms with Crippen LogP contribution in [0.3, 0.4) is 0 Å². The van der Waals surface area contributed by atoms with Crippen LogP contribution in [0.4, 0.5) is 5.69 Å². The fourth-order valence-electron chi connectivity index (χ4n) is 2.94. The Bertz CT molecular complexity index is 510. The highest BCUT2D eigenvalue weighted by Crippen LogP contribution is 2.35. The summed E-state index contributed by atoms with van der Waals surface area (Å²) in [5, 5.41) is 4.07. The van der Waals surface area contributed by atoms with Gasteiger partial charge in [-0.05, 0) is 50.4 Å². The molecule has 0 spiro atoms. The monoisotopic (exact) mass is 293 g/mol. The molecule has 108 valence electrons. The van der Waals surface area contributed by atoms with Gasteiger partial charge >= 0.3 is 0 Å². The number of primary amides is 1. The highest BCUT2D eigenvalue weighted by atomic mass is 35.5. The molecule has 5 heteroatoms. The summed E-state index contributed by atoms with van der Waals surface area (Å²) in [6, 6.07) is 6.48. The van der Waals surface area contributed by atoms with Gasteiger partial charge in [0.25, 0.3) is 5.91 Å². The standard InChI is InChI=1S/C15H20ClN3O/c16-10-3-6-14(13(8-10)15(17)20)19(12-4-5-12)9-11-2-1-7-18-11/h3,6,8,11-12,18H,1-2,4-5,7,9H2,(H2,17,20). The summed E-state index contributed by atoms with van der Waals surface area (Å²) in [4.78, 5) is 14.0. The minimum absolute atomic E-state index is 0.410. The Labute approximate surface area is 124 Å². The van der Waals surface area contributed by atoms with E-state index in [9.17, 15) is 4.79 Å². The van der Waals surface area contributed by atoms with Gasteiger partial charge in [-0.25, -0.2) is 0 Å². The van der Waals surface area contributed by atoms with Gasteiger partial charge in [0.15, 0.2) is 0 Å². The highest BCUT2D eigenvalue weighted by molar-refractivity contribution is 6.31. The maximum Gasteiger partial charge on any atom is 0.250 e. The van der Waals surface area contributed by atoms with Crippen LogP contribution in [0.25, 0.3) is 0 Å². The number of halogens is 1. The summed E-state index contributed by atoms with van der Waals surface area (Å²) in [6.45, 7) is 2.03. The van der Waals surface area contributed by atoms with E-state index >= 15 is 0 Å². The molecule has 0 radical (unpaired) electrons. The molecule has 1 saturated carbocycles. The summed E-state index contributed by atoms with van der Waals surface area (Å²) in [5.41, 5.74) is 6.97. The van der Waals surface area contributed by atoms with Gasteiger partial charge in [-0.1, -0.05) is 11.6 Å². The maximum absolute atomic E-state index is 11.7. The fourth-order valence-corrected chi connectivity index (χ4v) is 3.11. The summed E-state index contributed by atoms with van der Waals surface area (Å²) in [6.07, 6.45) is 4.80. The van der Waals surface area contributed by atoms with Crippen molar-refractivity contribution < 1.29 is 4.79 Å². The van der Waals surface area contributed by atoms with E-state index in [1.54, 1.807) is 6.07 Å². The molecule has 1 unspecified atom stereocenters. The molecule has 1 atom stereocenters. The number of carbonyl (C=O) groups is 1. The first kappa shape index (κ1) is 13.7. The molecule has 0 bridgehead atoms. The Morgan fingerprint density at radius 2 is 2.20 bits per heavy atom. The number of nitrogens with two attached hydrogens (primary N) is 1. The fraction of sp³-hybridized carbons (Fsp3) is 0.533. The second kappa shape index (κ2) is 5.62. The van der Waals surface area contributed by atoms with E-state index in [-0.39, 0.29) is 0 Å². The number of amides is 1. The molecule has 1 aromatic rings. The zero-order valence-electron chi connectivity index (χ0n) is 11.4. The van der Waals surface area contributed by atoms with Crippen molar-refractivity contribution in [2.24, 2.45) is 5.73 Å². The number of hydrogen-bond donors (Lipinski definition) is 2. The van der Waals surface area contributed by atoms with E-state index < -0.39 is 5.91 Å². The van der Waals surface area contributed by atoms with Crippen LogP contribution < -0.4 is 16.0 Å². The Hall–Kier alpha value is -1.26. The second-order valence-electron chi connectivity index (χ2n) is 5.70. The van der Waals surface area contributed by atoms with Crippen molar-refractivity contribution in [2.45, 2.75) is 37.8 Å². The van der Waals surface area contributed by atoms with E-state index in [2.05, 4.69) is 10.2 Å².